The van der Waals surface area contributed by atoms with Gasteiger partial charge in [0.05, 0.1) is 26.7 Å². The first-order valence-electron chi connectivity index (χ1n) is 10.1. The van der Waals surface area contributed by atoms with E-state index in [1.807, 2.05) is 6.07 Å². The molecule has 0 amide bonds. The fourth-order valence-electron chi connectivity index (χ4n) is 4.84. The number of piperidine rings is 1. The van der Waals surface area contributed by atoms with Crippen LogP contribution in [0.2, 0.25) is 0 Å². The first kappa shape index (κ1) is 20.0. The summed E-state index contributed by atoms with van der Waals surface area (Å²) in [5.41, 5.74) is 0.996. The Kier molecular flexibility index (Phi) is 5.40. The van der Waals surface area contributed by atoms with Crippen molar-refractivity contribution in [2.45, 2.75) is 18.4 Å². The second-order valence-electron chi connectivity index (χ2n) is 8.11. The third-order valence-corrected chi connectivity index (χ3v) is 6.60. The van der Waals surface area contributed by atoms with Gasteiger partial charge in [0.1, 0.15) is 17.7 Å². The average molecular weight is 402 g/mol. The van der Waals surface area contributed by atoms with Gasteiger partial charge in [-0.25, -0.2) is 9.97 Å². The van der Waals surface area contributed by atoms with Gasteiger partial charge < -0.3 is 24.0 Å². The molecular formula is C21H31N5O3. The monoisotopic (exact) mass is 401 g/mol. The highest BCUT2D eigenvalue weighted by molar-refractivity contribution is 5.97. The SMILES string of the molecule is COc1cc2c(N3CCC4(CC3)CN(C)CCN4C)ncnc2c(OC)c1OC. The summed E-state index contributed by atoms with van der Waals surface area (Å²) < 4.78 is 16.7. The van der Waals surface area contributed by atoms with Crippen molar-refractivity contribution in [3.63, 3.8) is 0 Å². The Hall–Kier alpha value is -2.32. The molecular weight excluding hydrogens is 370 g/mol. The third-order valence-electron chi connectivity index (χ3n) is 6.60. The highest BCUT2D eigenvalue weighted by atomic mass is 16.5. The summed E-state index contributed by atoms with van der Waals surface area (Å²) in [4.78, 5) is 16.5. The minimum absolute atomic E-state index is 0.255. The van der Waals surface area contributed by atoms with Crippen LogP contribution in [0.4, 0.5) is 5.82 Å². The fourth-order valence-corrected chi connectivity index (χ4v) is 4.84. The van der Waals surface area contributed by atoms with E-state index in [1.54, 1.807) is 27.7 Å². The number of anilines is 1. The Morgan fingerprint density at radius 1 is 0.897 bits per heavy atom. The molecule has 0 radical (unpaired) electrons. The van der Waals surface area contributed by atoms with Crippen LogP contribution in [0, 0.1) is 0 Å². The first-order valence-corrected chi connectivity index (χ1v) is 10.1. The van der Waals surface area contributed by atoms with Gasteiger partial charge in [-0.1, -0.05) is 0 Å². The number of hydrogen-bond acceptors (Lipinski definition) is 8. The van der Waals surface area contributed by atoms with Crippen LogP contribution >= 0.6 is 0 Å². The molecule has 2 aromatic rings. The van der Waals surface area contributed by atoms with Crippen LogP contribution in [0.3, 0.4) is 0 Å². The molecule has 29 heavy (non-hydrogen) atoms. The Bertz CT molecular complexity index is 882. The van der Waals surface area contributed by atoms with Crippen molar-refractivity contribution in [3.8, 4) is 17.2 Å². The van der Waals surface area contributed by atoms with Crippen molar-refractivity contribution in [2.75, 3.05) is 73.0 Å². The molecule has 1 aromatic heterocycles. The molecule has 2 aliphatic heterocycles. The standard InChI is InChI=1S/C21H31N5O3/c1-24-10-11-25(2)21(13-24)6-8-26(9-7-21)20-15-12-16(27-3)18(28-4)19(29-5)17(15)22-14-23-20/h12,14H,6-11,13H2,1-5H3. The van der Waals surface area contributed by atoms with E-state index in [0.29, 0.717) is 17.2 Å². The zero-order valence-electron chi connectivity index (χ0n) is 18.1. The number of methoxy groups -OCH3 is 3. The molecule has 0 atom stereocenters. The summed E-state index contributed by atoms with van der Waals surface area (Å²) in [5, 5.41) is 0.923. The van der Waals surface area contributed by atoms with Gasteiger partial charge in [-0.3, -0.25) is 4.90 Å². The number of piperazine rings is 1. The van der Waals surface area contributed by atoms with Crippen molar-refractivity contribution in [2.24, 2.45) is 0 Å². The van der Waals surface area contributed by atoms with Crippen LogP contribution in [0.1, 0.15) is 12.8 Å². The van der Waals surface area contributed by atoms with Crippen LogP contribution in [0.5, 0.6) is 17.2 Å². The van der Waals surface area contributed by atoms with E-state index in [4.69, 9.17) is 14.2 Å². The second-order valence-corrected chi connectivity index (χ2v) is 8.11. The molecule has 2 saturated heterocycles. The van der Waals surface area contributed by atoms with Gasteiger partial charge >= 0.3 is 0 Å². The predicted octanol–water partition coefficient (Wildman–Crippen LogP) is 1.87. The number of benzene rings is 1. The van der Waals surface area contributed by atoms with E-state index in [-0.39, 0.29) is 5.54 Å². The molecule has 0 saturated carbocycles. The molecule has 1 spiro atoms. The lowest BCUT2D eigenvalue weighted by Gasteiger charge is -2.52. The lowest BCUT2D eigenvalue weighted by atomic mass is 9.84. The molecule has 3 heterocycles. The van der Waals surface area contributed by atoms with Crippen LogP contribution in [-0.2, 0) is 0 Å². The molecule has 1 aromatic carbocycles. The second kappa shape index (κ2) is 7.84. The number of nitrogens with zero attached hydrogens (tertiary/aromatic N) is 5. The molecule has 0 unspecified atom stereocenters. The maximum atomic E-state index is 5.62. The number of fused-ring (bicyclic) bond motifs is 1. The fraction of sp³-hybridized carbons (Fsp3) is 0.619. The van der Waals surface area contributed by atoms with Gasteiger partial charge in [-0.2, -0.15) is 0 Å². The minimum atomic E-state index is 0.255. The Labute approximate surface area is 172 Å². The largest absolute Gasteiger partial charge is 0.493 e. The number of rotatable bonds is 4. The summed E-state index contributed by atoms with van der Waals surface area (Å²) in [6.07, 6.45) is 3.84. The number of likely N-dealkylation sites (N-methyl/N-ethyl adjacent to an activating group) is 2. The van der Waals surface area contributed by atoms with E-state index < -0.39 is 0 Å². The summed E-state index contributed by atoms with van der Waals surface area (Å²) in [7, 11) is 9.36. The van der Waals surface area contributed by atoms with Crippen LogP contribution < -0.4 is 19.1 Å². The molecule has 158 valence electrons. The maximum Gasteiger partial charge on any atom is 0.205 e. The van der Waals surface area contributed by atoms with Crippen LogP contribution in [0.15, 0.2) is 12.4 Å². The number of ether oxygens (including phenoxy) is 3. The van der Waals surface area contributed by atoms with Gasteiger partial charge in [0.15, 0.2) is 11.5 Å². The van der Waals surface area contributed by atoms with Crippen molar-refractivity contribution < 1.29 is 14.2 Å². The zero-order chi connectivity index (χ0) is 20.6. The molecule has 0 aliphatic carbocycles. The molecule has 8 heteroatoms. The lowest BCUT2D eigenvalue weighted by molar-refractivity contribution is 0.00941. The van der Waals surface area contributed by atoms with E-state index in [2.05, 4.69) is 38.8 Å². The van der Waals surface area contributed by atoms with E-state index >= 15 is 0 Å². The molecule has 0 bridgehead atoms. The van der Waals surface area contributed by atoms with Crippen LogP contribution in [-0.4, -0.2) is 93.5 Å². The molecule has 4 rings (SSSR count). The van der Waals surface area contributed by atoms with Gasteiger partial charge in [0.25, 0.3) is 0 Å². The topological polar surface area (TPSA) is 63.2 Å². The van der Waals surface area contributed by atoms with Crippen molar-refractivity contribution >= 4 is 16.7 Å². The van der Waals surface area contributed by atoms with Gasteiger partial charge in [-0.15, -0.1) is 0 Å². The summed E-state index contributed by atoms with van der Waals surface area (Å²) in [5.74, 6) is 2.68. The number of hydrogen-bond donors (Lipinski definition) is 0. The van der Waals surface area contributed by atoms with Crippen LogP contribution in [0.25, 0.3) is 10.9 Å². The zero-order valence-corrected chi connectivity index (χ0v) is 18.1. The van der Waals surface area contributed by atoms with Crippen molar-refractivity contribution in [3.05, 3.63) is 12.4 Å². The molecule has 0 N–H and O–H groups in total. The normalized spacial score (nSPS) is 20.2. The quantitative estimate of drug-likeness (QED) is 0.770. The highest BCUT2D eigenvalue weighted by Crippen LogP contribution is 2.45. The summed E-state index contributed by atoms with van der Waals surface area (Å²) in [6.45, 7) is 5.31. The summed E-state index contributed by atoms with van der Waals surface area (Å²) >= 11 is 0. The van der Waals surface area contributed by atoms with E-state index in [1.165, 1.54) is 0 Å². The van der Waals surface area contributed by atoms with Gasteiger partial charge in [-0.05, 0) is 33.0 Å². The lowest BCUT2D eigenvalue weighted by Crippen LogP contribution is -2.63. The molecule has 2 aliphatic rings. The molecule has 2 fully saturated rings. The Morgan fingerprint density at radius 3 is 2.28 bits per heavy atom. The molecule has 8 nitrogen and oxygen atoms in total. The predicted molar refractivity (Wildman–Crippen MR) is 113 cm³/mol. The van der Waals surface area contributed by atoms with Gasteiger partial charge in [0.2, 0.25) is 5.75 Å². The number of aromatic nitrogens is 2. The Morgan fingerprint density at radius 2 is 1.62 bits per heavy atom. The summed E-state index contributed by atoms with van der Waals surface area (Å²) in [6, 6.07) is 1.96. The highest BCUT2D eigenvalue weighted by Gasteiger charge is 2.41. The smallest absolute Gasteiger partial charge is 0.205 e. The minimum Gasteiger partial charge on any atom is -0.493 e. The van der Waals surface area contributed by atoms with Crippen molar-refractivity contribution in [1.29, 1.82) is 0 Å². The van der Waals surface area contributed by atoms with E-state index in [0.717, 1.165) is 62.3 Å². The maximum absolute atomic E-state index is 5.62. The van der Waals surface area contributed by atoms with E-state index in [9.17, 15) is 0 Å². The Balaban J connectivity index is 1.69. The average Bonchev–Trinajstić information content (AvgIpc) is 2.75. The van der Waals surface area contributed by atoms with Crippen molar-refractivity contribution in [1.82, 2.24) is 19.8 Å². The first-order chi connectivity index (χ1) is 14.0. The van der Waals surface area contributed by atoms with Gasteiger partial charge in [0, 0.05) is 38.3 Å². The third kappa shape index (κ3) is 3.34.